The zero-order valence-corrected chi connectivity index (χ0v) is 10.1. The molecule has 94 valence electrons. The number of carbonyl (C=O) groups excluding carboxylic acids is 1. The van der Waals surface area contributed by atoms with E-state index in [4.69, 9.17) is 5.73 Å². The van der Waals surface area contributed by atoms with Crippen LogP contribution in [0.5, 0.6) is 0 Å². The fourth-order valence-corrected chi connectivity index (χ4v) is 3.22. The van der Waals surface area contributed by atoms with Crippen molar-refractivity contribution in [1.82, 2.24) is 10.6 Å². The largest absolute Gasteiger partial charge is 0.338 e. The molecule has 16 heavy (non-hydrogen) atoms. The van der Waals surface area contributed by atoms with E-state index in [2.05, 4.69) is 10.6 Å². The highest BCUT2D eigenvalue weighted by atomic mass is 32.2. The quantitative estimate of drug-likeness (QED) is 0.599. The minimum atomic E-state index is -2.81. The summed E-state index contributed by atoms with van der Waals surface area (Å²) in [5.74, 6) is 0.750. The highest BCUT2D eigenvalue weighted by molar-refractivity contribution is 7.91. The van der Waals surface area contributed by atoms with Crippen molar-refractivity contribution >= 4 is 15.9 Å². The lowest BCUT2D eigenvalue weighted by molar-refractivity contribution is 0.238. The second-order valence-electron chi connectivity index (χ2n) is 4.02. The van der Waals surface area contributed by atoms with Gasteiger partial charge in [-0.1, -0.05) is 0 Å². The number of sulfone groups is 1. The number of nitrogens with one attached hydrogen (secondary N) is 2. The lowest BCUT2D eigenvalue weighted by atomic mass is 10.0. The van der Waals surface area contributed by atoms with Gasteiger partial charge < -0.3 is 16.4 Å². The van der Waals surface area contributed by atoms with Crippen LogP contribution in [0, 0.1) is 5.92 Å². The van der Waals surface area contributed by atoms with E-state index in [1.165, 1.54) is 0 Å². The van der Waals surface area contributed by atoms with E-state index >= 15 is 0 Å². The van der Waals surface area contributed by atoms with Gasteiger partial charge in [-0.15, -0.1) is 0 Å². The molecule has 1 saturated heterocycles. The summed E-state index contributed by atoms with van der Waals surface area (Å²) in [6.45, 7) is 1.39. The Morgan fingerprint density at radius 1 is 1.25 bits per heavy atom. The number of rotatable bonds is 4. The molecule has 1 aliphatic rings. The molecular formula is C9H19N3O3S. The Balaban J connectivity index is 2.17. The van der Waals surface area contributed by atoms with Crippen molar-refractivity contribution in [3.05, 3.63) is 0 Å². The average molecular weight is 249 g/mol. The van der Waals surface area contributed by atoms with Gasteiger partial charge >= 0.3 is 6.03 Å². The molecule has 0 aromatic carbocycles. The van der Waals surface area contributed by atoms with Crippen LogP contribution in [-0.4, -0.2) is 45.6 Å². The van der Waals surface area contributed by atoms with Crippen LogP contribution < -0.4 is 16.4 Å². The minimum absolute atomic E-state index is 0.237. The second-order valence-corrected chi connectivity index (χ2v) is 6.32. The van der Waals surface area contributed by atoms with Gasteiger partial charge in [-0.2, -0.15) is 0 Å². The summed E-state index contributed by atoms with van der Waals surface area (Å²) >= 11 is 0. The topological polar surface area (TPSA) is 101 Å². The molecule has 1 rings (SSSR count). The Hall–Kier alpha value is -0.820. The summed E-state index contributed by atoms with van der Waals surface area (Å²) in [7, 11) is -2.81. The smallest absolute Gasteiger partial charge is 0.314 e. The zero-order valence-electron chi connectivity index (χ0n) is 9.24. The van der Waals surface area contributed by atoms with E-state index in [0.717, 1.165) is 0 Å². The Kier molecular flexibility index (Phi) is 5.01. The number of hydrogen-bond acceptors (Lipinski definition) is 4. The molecule has 0 aromatic heterocycles. The molecule has 0 radical (unpaired) electrons. The molecule has 0 aromatic rings. The minimum Gasteiger partial charge on any atom is -0.338 e. The van der Waals surface area contributed by atoms with Gasteiger partial charge in [0.15, 0.2) is 0 Å². The van der Waals surface area contributed by atoms with E-state index in [-0.39, 0.29) is 23.5 Å². The first-order chi connectivity index (χ1) is 7.53. The highest BCUT2D eigenvalue weighted by Crippen LogP contribution is 2.17. The molecule has 0 spiro atoms. The van der Waals surface area contributed by atoms with Gasteiger partial charge in [0.2, 0.25) is 0 Å². The molecule has 2 amide bonds. The van der Waals surface area contributed by atoms with Gasteiger partial charge in [0.05, 0.1) is 11.5 Å². The Labute approximate surface area is 95.9 Å². The van der Waals surface area contributed by atoms with Crippen molar-refractivity contribution in [2.24, 2.45) is 11.7 Å². The third-order valence-corrected chi connectivity index (χ3v) is 4.37. The summed E-state index contributed by atoms with van der Waals surface area (Å²) in [5.41, 5.74) is 5.24. The molecule has 1 fully saturated rings. The monoisotopic (exact) mass is 249 g/mol. The van der Waals surface area contributed by atoms with Crippen LogP contribution >= 0.6 is 0 Å². The van der Waals surface area contributed by atoms with Crippen LogP contribution in [0.3, 0.4) is 0 Å². The zero-order chi connectivity index (χ0) is 12.0. The van der Waals surface area contributed by atoms with Gasteiger partial charge in [-0.05, 0) is 18.8 Å². The maximum Gasteiger partial charge on any atom is 0.314 e. The van der Waals surface area contributed by atoms with Gasteiger partial charge in [0, 0.05) is 19.6 Å². The molecule has 1 heterocycles. The highest BCUT2D eigenvalue weighted by Gasteiger charge is 2.23. The molecule has 6 nitrogen and oxygen atoms in total. The SMILES string of the molecule is NCCNC(=O)NCC1CCS(=O)(=O)CC1. The first-order valence-electron chi connectivity index (χ1n) is 5.45. The van der Waals surface area contributed by atoms with E-state index in [9.17, 15) is 13.2 Å². The normalized spacial score (nSPS) is 20.3. The number of amides is 2. The van der Waals surface area contributed by atoms with Crippen LogP contribution in [0.25, 0.3) is 0 Å². The van der Waals surface area contributed by atoms with E-state index in [0.29, 0.717) is 32.5 Å². The lowest BCUT2D eigenvalue weighted by Crippen LogP contribution is -2.41. The number of carbonyl (C=O) groups is 1. The fourth-order valence-electron chi connectivity index (χ4n) is 1.63. The van der Waals surface area contributed by atoms with Crippen molar-refractivity contribution in [3.8, 4) is 0 Å². The average Bonchev–Trinajstić information content (AvgIpc) is 2.25. The van der Waals surface area contributed by atoms with E-state index in [1.54, 1.807) is 0 Å². The maximum atomic E-state index is 11.2. The number of nitrogens with two attached hydrogens (primary N) is 1. The van der Waals surface area contributed by atoms with Gasteiger partial charge in [0.25, 0.3) is 0 Å². The van der Waals surface area contributed by atoms with Crippen molar-refractivity contribution in [1.29, 1.82) is 0 Å². The summed E-state index contributed by atoms with van der Waals surface area (Å²) in [4.78, 5) is 11.2. The van der Waals surface area contributed by atoms with Gasteiger partial charge in [-0.3, -0.25) is 0 Å². The number of urea groups is 1. The van der Waals surface area contributed by atoms with Crippen LogP contribution in [0.15, 0.2) is 0 Å². The van der Waals surface area contributed by atoms with Crippen molar-refractivity contribution < 1.29 is 13.2 Å². The van der Waals surface area contributed by atoms with Crippen LogP contribution in [0.2, 0.25) is 0 Å². The second kappa shape index (κ2) is 6.05. The van der Waals surface area contributed by atoms with E-state index < -0.39 is 9.84 Å². The lowest BCUT2D eigenvalue weighted by Gasteiger charge is -2.22. The van der Waals surface area contributed by atoms with Crippen molar-refractivity contribution in [2.45, 2.75) is 12.8 Å². The summed E-state index contributed by atoms with van der Waals surface area (Å²) in [6.07, 6.45) is 1.28. The number of hydrogen-bond donors (Lipinski definition) is 3. The first-order valence-corrected chi connectivity index (χ1v) is 7.28. The molecule has 7 heteroatoms. The van der Waals surface area contributed by atoms with Crippen molar-refractivity contribution in [2.75, 3.05) is 31.1 Å². The molecule has 0 unspecified atom stereocenters. The summed E-state index contributed by atoms with van der Waals surface area (Å²) < 4.78 is 22.3. The third kappa shape index (κ3) is 4.80. The van der Waals surface area contributed by atoms with Gasteiger partial charge in [-0.25, -0.2) is 13.2 Å². The molecular weight excluding hydrogens is 230 g/mol. The molecule has 0 atom stereocenters. The molecule has 4 N–H and O–H groups in total. The molecule has 0 bridgehead atoms. The van der Waals surface area contributed by atoms with Gasteiger partial charge in [0.1, 0.15) is 9.84 Å². The Bertz CT molecular complexity index is 315. The predicted molar refractivity (Wildman–Crippen MR) is 61.8 cm³/mol. The Morgan fingerprint density at radius 2 is 1.88 bits per heavy atom. The fraction of sp³-hybridized carbons (Fsp3) is 0.889. The molecule has 1 aliphatic heterocycles. The van der Waals surface area contributed by atoms with E-state index in [1.807, 2.05) is 0 Å². The third-order valence-electron chi connectivity index (χ3n) is 2.66. The Morgan fingerprint density at radius 3 is 2.44 bits per heavy atom. The first kappa shape index (κ1) is 13.2. The van der Waals surface area contributed by atoms with Crippen molar-refractivity contribution in [3.63, 3.8) is 0 Å². The molecule has 0 aliphatic carbocycles. The molecule has 0 saturated carbocycles. The van der Waals surface area contributed by atoms with Crippen LogP contribution in [0.4, 0.5) is 4.79 Å². The summed E-state index contributed by atoms with van der Waals surface area (Å²) in [6, 6.07) is -0.237. The van der Waals surface area contributed by atoms with Crippen LogP contribution in [-0.2, 0) is 9.84 Å². The van der Waals surface area contributed by atoms with Crippen LogP contribution in [0.1, 0.15) is 12.8 Å². The predicted octanol–water partition coefficient (Wildman–Crippen LogP) is -0.931. The maximum absolute atomic E-state index is 11.2. The standard InChI is InChI=1S/C9H19N3O3S/c10-3-4-11-9(13)12-7-8-1-5-16(14,15)6-2-8/h8H,1-7,10H2,(H2,11,12,13). The summed E-state index contributed by atoms with van der Waals surface area (Å²) in [5, 5.41) is 5.31.